The zero-order valence-corrected chi connectivity index (χ0v) is 14.4. The monoisotopic (exact) mass is 336 g/mol. The van der Waals surface area contributed by atoms with Crippen molar-refractivity contribution in [3.8, 4) is 0 Å². The van der Waals surface area contributed by atoms with Crippen LogP contribution >= 0.6 is 12.4 Å². The first-order valence-electron chi connectivity index (χ1n) is 7.65. The second kappa shape index (κ2) is 9.33. The first kappa shape index (κ1) is 19.2. The molecule has 126 valence electrons. The number of hydrogen-bond acceptors (Lipinski definition) is 3. The van der Waals surface area contributed by atoms with Gasteiger partial charge in [0.2, 0.25) is 5.91 Å². The molecule has 3 N–H and O–H groups in total. The molecule has 0 aliphatic rings. The van der Waals surface area contributed by atoms with E-state index in [4.69, 9.17) is 5.73 Å². The zero-order valence-electron chi connectivity index (χ0n) is 13.6. The number of benzene rings is 1. The molecule has 1 aromatic heterocycles. The van der Waals surface area contributed by atoms with Gasteiger partial charge in [-0.15, -0.1) is 12.4 Å². The second-order valence-corrected chi connectivity index (χ2v) is 5.76. The fourth-order valence-corrected chi connectivity index (χ4v) is 2.19. The number of aryl methyl sites for hydroxylation is 2. The van der Waals surface area contributed by atoms with Crippen molar-refractivity contribution in [1.29, 1.82) is 0 Å². The minimum Gasteiger partial charge on any atom is -0.348 e. The number of nitrogens with zero attached hydrogens (tertiary/aromatic N) is 2. The van der Waals surface area contributed by atoms with E-state index >= 15 is 0 Å². The van der Waals surface area contributed by atoms with Gasteiger partial charge in [-0.3, -0.25) is 4.79 Å². The fraction of sp³-hybridized carbons (Fsp3) is 0.412. The Balaban J connectivity index is 0.00000264. The highest BCUT2D eigenvalue weighted by Gasteiger charge is 2.17. The molecule has 2 aromatic rings. The van der Waals surface area contributed by atoms with Gasteiger partial charge in [0.05, 0.1) is 12.6 Å². The average Bonchev–Trinajstić information content (AvgIpc) is 2.98. The van der Waals surface area contributed by atoms with Gasteiger partial charge in [0.1, 0.15) is 5.82 Å². The summed E-state index contributed by atoms with van der Waals surface area (Å²) in [5.41, 5.74) is 7.12. The summed E-state index contributed by atoms with van der Waals surface area (Å²) in [4.78, 5) is 16.2. The van der Waals surface area contributed by atoms with Gasteiger partial charge in [-0.2, -0.15) is 0 Å². The van der Waals surface area contributed by atoms with Crippen LogP contribution in [-0.2, 0) is 24.3 Å². The second-order valence-electron chi connectivity index (χ2n) is 5.76. The Hall–Kier alpha value is -1.85. The Labute approximate surface area is 143 Å². The lowest BCUT2D eigenvalue weighted by molar-refractivity contribution is -0.123. The minimum absolute atomic E-state index is 0. The average molecular weight is 337 g/mol. The summed E-state index contributed by atoms with van der Waals surface area (Å²) >= 11 is 0. The number of rotatable bonds is 7. The molecule has 1 heterocycles. The molecule has 0 saturated carbocycles. The third kappa shape index (κ3) is 5.69. The topological polar surface area (TPSA) is 72.9 Å². The molecule has 1 atom stereocenters. The van der Waals surface area contributed by atoms with Gasteiger partial charge in [-0.1, -0.05) is 44.2 Å². The minimum atomic E-state index is -0.479. The lowest BCUT2D eigenvalue weighted by atomic mass is 10.1. The smallest absolute Gasteiger partial charge is 0.237 e. The maximum absolute atomic E-state index is 11.9. The number of nitrogens with two attached hydrogens (primary N) is 1. The van der Waals surface area contributed by atoms with Gasteiger partial charge >= 0.3 is 0 Å². The van der Waals surface area contributed by atoms with E-state index in [9.17, 15) is 4.79 Å². The summed E-state index contributed by atoms with van der Waals surface area (Å²) in [5.74, 6) is 0.839. The Kier molecular flexibility index (Phi) is 7.78. The van der Waals surface area contributed by atoms with Gasteiger partial charge in [-0.05, 0) is 17.9 Å². The molecule has 1 amide bonds. The van der Waals surface area contributed by atoms with Crippen LogP contribution in [0.4, 0.5) is 0 Å². The Morgan fingerprint density at radius 3 is 2.65 bits per heavy atom. The standard InChI is InChI=1S/C17H24N4O.ClH/c1-13(2)16(18)17(22)20-12-15-19-9-11-21(15)10-8-14-6-4-3-5-7-14;/h3-7,9,11,13,16H,8,10,12,18H2,1-2H3,(H,20,22);1H/t16-;/m0./s1. The van der Waals surface area contributed by atoms with Crippen LogP contribution in [0.5, 0.6) is 0 Å². The largest absolute Gasteiger partial charge is 0.348 e. The van der Waals surface area contributed by atoms with Crippen LogP contribution in [0.2, 0.25) is 0 Å². The number of imidazole rings is 1. The molecule has 0 aliphatic heterocycles. The highest BCUT2D eigenvalue weighted by atomic mass is 35.5. The quantitative estimate of drug-likeness (QED) is 0.813. The van der Waals surface area contributed by atoms with Gasteiger partial charge in [-0.25, -0.2) is 4.98 Å². The SMILES string of the molecule is CC(C)[C@H](N)C(=O)NCc1nccn1CCc1ccccc1.Cl. The highest BCUT2D eigenvalue weighted by molar-refractivity contribution is 5.85. The third-order valence-corrected chi connectivity index (χ3v) is 3.73. The van der Waals surface area contributed by atoms with Crippen LogP contribution in [0, 0.1) is 5.92 Å². The highest BCUT2D eigenvalue weighted by Crippen LogP contribution is 2.05. The van der Waals surface area contributed by atoms with E-state index in [1.807, 2.05) is 38.2 Å². The maximum atomic E-state index is 11.9. The number of nitrogens with one attached hydrogen (secondary N) is 1. The summed E-state index contributed by atoms with van der Waals surface area (Å²) in [6.07, 6.45) is 4.63. The lowest BCUT2D eigenvalue weighted by Crippen LogP contribution is -2.43. The molecule has 0 aliphatic carbocycles. The van der Waals surface area contributed by atoms with Crippen molar-refractivity contribution in [3.05, 3.63) is 54.1 Å². The maximum Gasteiger partial charge on any atom is 0.237 e. The van der Waals surface area contributed by atoms with Gasteiger partial charge in [0.15, 0.2) is 0 Å². The number of carbonyl (C=O) groups excluding carboxylic acids is 1. The van der Waals surface area contributed by atoms with E-state index < -0.39 is 6.04 Å². The zero-order chi connectivity index (χ0) is 15.9. The summed E-state index contributed by atoms with van der Waals surface area (Å²) in [7, 11) is 0. The third-order valence-electron chi connectivity index (χ3n) is 3.73. The van der Waals surface area contributed by atoms with E-state index in [2.05, 4.69) is 27.0 Å². The van der Waals surface area contributed by atoms with Crippen LogP contribution in [0.3, 0.4) is 0 Å². The molecule has 0 saturated heterocycles. The van der Waals surface area contributed by atoms with Crippen molar-refractivity contribution in [3.63, 3.8) is 0 Å². The molecule has 0 spiro atoms. The molecule has 6 heteroatoms. The predicted molar refractivity (Wildman–Crippen MR) is 94.3 cm³/mol. The number of hydrogen-bond donors (Lipinski definition) is 2. The van der Waals surface area contributed by atoms with E-state index in [1.54, 1.807) is 6.20 Å². The molecule has 23 heavy (non-hydrogen) atoms. The van der Waals surface area contributed by atoms with Crippen molar-refractivity contribution in [2.24, 2.45) is 11.7 Å². The molecule has 0 radical (unpaired) electrons. The molecule has 2 rings (SSSR count). The first-order chi connectivity index (χ1) is 10.6. The van der Waals surface area contributed by atoms with Crippen LogP contribution in [0.15, 0.2) is 42.7 Å². The van der Waals surface area contributed by atoms with Gasteiger partial charge in [0.25, 0.3) is 0 Å². The number of amides is 1. The van der Waals surface area contributed by atoms with E-state index in [0.717, 1.165) is 18.8 Å². The lowest BCUT2D eigenvalue weighted by Gasteiger charge is -2.15. The summed E-state index contributed by atoms with van der Waals surface area (Å²) in [5, 5.41) is 2.86. The molecule has 0 fully saturated rings. The van der Waals surface area contributed by atoms with Crippen molar-refractivity contribution < 1.29 is 4.79 Å². The van der Waals surface area contributed by atoms with E-state index in [0.29, 0.717) is 6.54 Å². The Morgan fingerprint density at radius 1 is 1.30 bits per heavy atom. The molecular weight excluding hydrogens is 312 g/mol. The van der Waals surface area contributed by atoms with E-state index in [1.165, 1.54) is 5.56 Å². The molecule has 5 nitrogen and oxygen atoms in total. The normalized spacial score (nSPS) is 11.8. The van der Waals surface area contributed by atoms with Crippen molar-refractivity contribution >= 4 is 18.3 Å². The van der Waals surface area contributed by atoms with Gasteiger partial charge in [0, 0.05) is 18.9 Å². The van der Waals surface area contributed by atoms with Crippen LogP contribution in [-0.4, -0.2) is 21.5 Å². The van der Waals surface area contributed by atoms with Crippen LogP contribution in [0.1, 0.15) is 25.2 Å². The first-order valence-corrected chi connectivity index (χ1v) is 7.65. The van der Waals surface area contributed by atoms with E-state index in [-0.39, 0.29) is 24.2 Å². The van der Waals surface area contributed by atoms with Crippen molar-refractivity contribution in [2.75, 3.05) is 0 Å². The molecule has 1 aromatic carbocycles. The number of aromatic nitrogens is 2. The van der Waals surface area contributed by atoms with Gasteiger partial charge < -0.3 is 15.6 Å². The molecular formula is C17H25ClN4O. The molecule has 0 unspecified atom stereocenters. The molecule has 0 bridgehead atoms. The summed E-state index contributed by atoms with van der Waals surface area (Å²) in [6, 6.07) is 9.84. The summed E-state index contributed by atoms with van der Waals surface area (Å²) in [6.45, 7) is 5.11. The summed E-state index contributed by atoms with van der Waals surface area (Å²) < 4.78 is 2.06. The van der Waals surface area contributed by atoms with Crippen molar-refractivity contribution in [2.45, 2.75) is 39.4 Å². The van der Waals surface area contributed by atoms with Crippen molar-refractivity contribution in [1.82, 2.24) is 14.9 Å². The Morgan fingerprint density at radius 2 is 2.00 bits per heavy atom. The van der Waals surface area contributed by atoms with Crippen LogP contribution < -0.4 is 11.1 Å². The number of carbonyl (C=O) groups is 1. The predicted octanol–water partition coefficient (Wildman–Crippen LogP) is 2.15. The fourth-order valence-electron chi connectivity index (χ4n) is 2.19. The Bertz CT molecular complexity index is 598. The van der Waals surface area contributed by atoms with Crippen LogP contribution in [0.25, 0.3) is 0 Å². The number of halogens is 1.